The van der Waals surface area contributed by atoms with E-state index in [1.165, 1.54) is 18.5 Å². The van der Waals surface area contributed by atoms with Crippen molar-refractivity contribution in [1.82, 2.24) is 4.31 Å². The fraction of sp³-hybridized carbons (Fsp3) is 0.909. The summed E-state index contributed by atoms with van der Waals surface area (Å²) < 4.78 is 34.8. The van der Waals surface area contributed by atoms with E-state index < -0.39 is 16.0 Å². The van der Waals surface area contributed by atoms with Crippen LogP contribution in [0.25, 0.3) is 0 Å². The van der Waals surface area contributed by atoms with Crippen molar-refractivity contribution in [2.75, 3.05) is 39.7 Å². The van der Waals surface area contributed by atoms with E-state index in [1.54, 1.807) is 0 Å². The third-order valence-electron chi connectivity index (χ3n) is 2.28. The van der Waals surface area contributed by atoms with E-state index in [0.29, 0.717) is 6.61 Å². The Kier molecular flexibility index (Phi) is 8.13. The van der Waals surface area contributed by atoms with Gasteiger partial charge in [0, 0.05) is 20.2 Å². The highest BCUT2D eigenvalue weighted by atomic mass is 32.2. The minimum Gasteiger partial charge on any atom is -0.469 e. The van der Waals surface area contributed by atoms with Gasteiger partial charge in [-0.2, -0.15) is 4.31 Å². The summed E-state index contributed by atoms with van der Waals surface area (Å²) in [7, 11) is -0.563. The smallest absolute Gasteiger partial charge is 0.306 e. The highest BCUT2D eigenvalue weighted by molar-refractivity contribution is 7.89. The monoisotopic (exact) mass is 281 g/mol. The maximum Gasteiger partial charge on any atom is 0.306 e. The van der Waals surface area contributed by atoms with Crippen LogP contribution >= 0.6 is 0 Å². The fourth-order valence-electron chi connectivity index (χ4n) is 1.43. The van der Waals surface area contributed by atoms with E-state index in [1.807, 2.05) is 13.8 Å². The fourth-order valence-corrected chi connectivity index (χ4v) is 3.20. The van der Waals surface area contributed by atoms with Crippen LogP contribution in [-0.4, -0.2) is 58.4 Å². The van der Waals surface area contributed by atoms with Gasteiger partial charge < -0.3 is 9.47 Å². The van der Waals surface area contributed by atoms with Gasteiger partial charge in [-0.25, -0.2) is 8.42 Å². The Bertz CT molecular complexity index is 339. The Morgan fingerprint density at radius 2 is 1.83 bits per heavy atom. The van der Waals surface area contributed by atoms with E-state index >= 15 is 0 Å². The van der Waals surface area contributed by atoms with Gasteiger partial charge in [0.2, 0.25) is 10.0 Å². The van der Waals surface area contributed by atoms with Gasteiger partial charge in [0.1, 0.15) is 0 Å². The number of nitrogens with zero attached hydrogens (tertiary/aromatic N) is 1. The lowest BCUT2D eigenvalue weighted by molar-refractivity contribution is -0.140. The summed E-state index contributed by atoms with van der Waals surface area (Å²) in [6, 6.07) is 0. The molecule has 0 amide bonds. The third kappa shape index (κ3) is 6.93. The molecular formula is C11H23NO5S. The van der Waals surface area contributed by atoms with Crippen LogP contribution in [0.3, 0.4) is 0 Å². The molecule has 6 nitrogen and oxygen atoms in total. The molecule has 0 fully saturated rings. The first-order valence-corrected chi connectivity index (χ1v) is 7.48. The molecule has 0 aromatic heterocycles. The molecule has 0 bridgehead atoms. The number of rotatable bonds is 9. The van der Waals surface area contributed by atoms with E-state index in [0.717, 1.165) is 0 Å². The molecule has 0 unspecified atom stereocenters. The quantitative estimate of drug-likeness (QED) is 0.575. The van der Waals surface area contributed by atoms with Crippen LogP contribution in [0.15, 0.2) is 0 Å². The van der Waals surface area contributed by atoms with Crippen molar-refractivity contribution in [2.45, 2.75) is 20.3 Å². The topological polar surface area (TPSA) is 72.9 Å². The van der Waals surface area contributed by atoms with E-state index in [9.17, 15) is 13.2 Å². The van der Waals surface area contributed by atoms with E-state index in [4.69, 9.17) is 4.74 Å². The summed E-state index contributed by atoms with van der Waals surface area (Å²) in [5, 5.41) is 0. The summed E-state index contributed by atoms with van der Waals surface area (Å²) in [5.41, 5.74) is 0. The SMILES string of the molecule is COCCN(CCC(=O)OC)S(=O)(=O)CC(C)C. The number of ether oxygens (including phenoxy) is 2. The molecular weight excluding hydrogens is 258 g/mol. The number of carbonyl (C=O) groups excluding carboxylic acids is 1. The molecule has 0 aromatic rings. The van der Waals surface area contributed by atoms with Gasteiger partial charge in [-0.3, -0.25) is 4.79 Å². The van der Waals surface area contributed by atoms with Gasteiger partial charge in [-0.1, -0.05) is 13.8 Å². The molecule has 0 rings (SSSR count). The largest absolute Gasteiger partial charge is 0.469 e. The number of hydrogen-bond donors (Lipinski definition) is 0. The number of sulfonamides is 1. The Morgan fingerprint density at radius 1 is 1.22 bits per heavy atom. The first kappa shape index (κ1) is 17.3. The van der Waals surface area contributed by atoms with Crippen LogP contribution in [0.1, 0.15) is 20.3 Å². The highest BCUT2D eigenvalue weighted by Gasteiger charge is 2.23. The van der Waals surface area contributed by atoms with E-state index in [-0.39, 0.29) is 31.2 Å². The average Bonchev–Trinajstić information content (AvgIpc) is 2.26. The molecule has 0 N–H and O–H groups in total. The maximum absolute atomic E-state index is 12.1. The lowest BCUT2D eigenvalue weighted by Gasteiger charge is -2.22. The lowest BCUT2D eigenvalue weighted by atomic mass is 10.3. The van der Waals surface area contributed by atoms with Crippen LogP contribution in [-0.2, 0) is 24.3 Å². The van der Waals surface area contributed by atoms with Gasteiger partial charge in [0.25, 0.3) is 0 Å². The van der Waals surface area contributed by atoms with Gasteiger partial charge in [0.15, 0.2) is 0 Å². The molecule has 0 aliphatic rings. The molecule has 18 heavy (non-hydrogen) atoms. The summed E-state index contributed by atoms with van der Waals surface area (Å²) in [6.45, 7) is 4.37. The molecule has 0 aliphatic carbocycles. The number of methoxy groups -OCH3 is 2. The van der Waals surface area contributed by atoms with Crippen molar-refractivity contribution in [3.05, 3.63) is 0 Å². The number of esters is 1. The Morgan fingerprint density at radius 3 is 2.28 bits per heavy atom. The zero-order chi connectivity index (χ0) is 14.2. The molecule has 0 aromatic carbocycles. The Hall–Kier alpha value is -0.660. The Balaban J connectivity index is 4.60. The van der Waals surface area contributed by atoms with Crippen LogP contribution in [0.5, 0.6) is 0 Å². The average molecular weight is 281 g/mol. The molecule has 0 spiro atoms. The highest BCUT2D eigenvalue weighted by Crippen LogP contribution is 2.08. The summed E-state index contributed by atoms with van der Waals surface area (Å²) >= 11 is 0. The van der Waals surface area contributed by atoms with Crippen LogP contribution < -0.4 is 0 Å². The predicted octanol–water partition coefficient (Wildman–Crippen LogP) is 0.484. The second kappa shape index (κ2) is 8.44. The molecule has 0 radical (unpaired) electrons. The lowest BCUT2D eigenvalue weighted by Crippen LogP contribution is -2.38. The number of hydrogen-bond acceptors (Lipinski definition) is 5. The second-order valence-electron chi connectivity index (χ2n) is 4.39. The minimum atomic E-state index is -3.35. The molecule has 0 aliphatic heterocycles. The predicted molar refractivity (Wildman–Crippen MR) is 68.7 cm³/mol. The van der Waals surface area contributed by atoms with Crippen molar-refractivity contribution in [2.24, 2.45) is 5.92 Å². The number of carbonyl (C=O) groups is 1. The normalized spacial score (nSPS) is 12.1. The molecule has 108 valence electrons. The van der Waals surface area contributed by atoms with Crippen LogP contribution in [0.4, 0.5) is 0 Å². The molecule has 0 atom stereocenters. The van der Waals surface area contributed by atoms with E-state index in [2.05, 4.69) is 4.74 Å². The van der Waals surface area contributed by atoms with Gasteiger partial charge >= 0.3 is 5.97 Å². The van der Waals surface area contributed by atoms with Crippen molar-refractivity contribution in [1.29, 1.82) is 0 Å². The summed E-state index contributed by atoms with van der Waals surface area (Å²) in [4.78, 5) is 11.1. The standard InChI is InChI=1S/C11H23NO5S/c1-10(2)9-18(14,15)12(7-8-16-3)6-5-11(13)17-4/h10H,5-9H2,1-4H3. The zero-order valence-corrected chi connectivity index (χ0v) is 12.3. The van der Waals surface area contributed by atoms with Gasteiger partial charge in [-0.05, 0) is 5.92 Å². The molecule has 0 heterocycles. The third-order valence-corrected chi connectivity index (χ3v) is 4.51. The minimum absolute atomic E-state index is 0.0400. The van der Waals surface area contributed by atoms with Crippen LogP contribution in [0, 0.1) is 5.92 Å². The van der Waals surface area contributed by atoms with Crippen molar-refractivity contribution < 1.29 is 22.7 Å². The summed E-state index contributed by atoms with van der Waals surface area (Å²) in [5.74, 6) is -0.312. The van der Waals surface area contributed by atoms with Crippen molar-refractivity contribution in [3.63, 3.8) is 0 Å². The summed E-state index contributed by atoms with van der Waals surface area (Å²) in [6.07, 6.45) is 0.0531. The molecule has 7 heteroatoms. The zero-order valence-electron chi connectivity index (χ0n) is 11.5. The molecule has 0 saturated carbocycles. The molecule has 0 saturated heterocycles. The van der Waals surface area contributed by atoms with Gasteiger partial charge in [0.05, 0.1) is 25.9 Å². The first-order valence-electron chi connectivity index (χ1n) is 5.87. The van der Waals surface area contributed by atoms with Crippen LogP contribution in [0.2, 0.25) is 0 Å². The second-order valence-corrected chi connectivity index (χ2v) is 6.40. The Labute approximate surface area is 109 Å². The first-order chi connectivity index (χ1) is 8.33. The van der Waals surface area contributed by atoms with Crippen molar-refractivity contribution in [3.8, 4) is 0 Å². The van der Waals surface area contributed by atoms with Crippen molar-refractivity contribution >= 4 is 16.0 Å². The van der Waals surface area contributed by atoms with Gasteiger partial charge in [-0.15, -0.1) is 0 Å². The maximum atomic E-state index is 12.1.